The van der Waals surface area contributed by atoms with E-state index in [9.17, 15) is 9.59 Å². The number of rotatable bonds is 3. The molecule has 0 bridgehead atoms. The van der Waals surface area contributed by atoms with Crippen molar-refractivity contribution in [2.75, 3.05) is 5.32 Å². The summed E-state index contributed by atoms with van der Waals surface area (Å²) in [5.41, 5.74) is 1.39. The van der Waals surface area contributed by atoms with Crippen LogP contribution in [0.5, 0.6) is 0 Å². The van der Waals surface area contributed by atoms with Gasteiger partial charge in [-0.05, 0) is 28.5 Å². The summed E-state index contributed by atoms with van der Waals surface area (Å²) in [6.07, 6.45) is 0. The van der Waals surface area contributed by atoms with Crippen molar-refractivity contribution < 1.29 is 14.3 Å². The Balaban J connectivity index is 1.62. The molecule has 4 nitrogen and oxygen atoms in total. The summed E-state index contributed by atoms with van der Waals surface area (Å²) in [7, 11) is 0. The normalized spacial score (nSPS) is 10.3. The monoisotopic (exact) mass is 305 g/mol. The third kappa shape index (κ3) is 3.74. The van der Waals surface area contributed by atoms with Crippen LogP contribution in [0.1, 0.15) is 5.56 Å². The number of benzene rings is 3. The number of anilines is 1. The second-order valence-electron chi connectivity index (χ2n) is 5.08. The van der Waals surface area contributed by atoms with E-state index in [2.05, 4.69) is 5.32 Å². The Kier molecular flexibility index (Phi) is 4.34. The lowest BCUT2D eigenvalue weighted by Gasteiger charge is -2.07. The molecular formula is C19H15NO3. The van der Waals surface area contributed by atoms with Crippen molar-refractivity contribution in [2.45, 2.75) is 6.61 Å². The second kappa shape index (κ2) is 6.75. The van der Waals surface area contributed by atoms with Gasteiger partial charge in [-0.3, -0.25) is 4.79 Å². The lowest BCUT2D eigenvalue weighted by Crippen LogP contribution is -2.24. The number of carbonyl (C=O) groups is 2. The van der Waals surface area contributed by atoms with Crippen molar-refractivity contribution in [3.05, 3.63) is 78.4 Å². The molecule has 0 aliphatic heterocycles. The maximum absolute atomic E-state index is 11.9. The molecule has 0 heterocycles. The Hall–Kier alpha value is -3.14. The summed E-state index contributed by atoms with van der Waals surface area (Å²) in [6, 6.07) is 22.5. The molecule has 0 unspecified atom stereocenters. The highest BCUT2D eigenvalue weighted by Gasteiger charge is 2.15. The van der Waals surface area contributed by atoms with E-state index in [0.717, 1.165) is 16.3 Å². The lowest BCUT2D eigenvalue weighted by atomic mass is 10.1. The lowest BCUT2D eigenvalue weighted by molar-refractivity contribution is -0.153. The smallest absolute Gasteiger partial charge is 0.397 e. The molecule has 114 valence electrons. The van der Waals surface area contributed by atoms with Gasteiger partial charge in [-0.25, -0.2) is 4.79 Å². The van der Waals surface area contributed by atoms with Gasteiger partial charge in [-0.1, -0.05) is 60.7 Å². The van der Waals surface area contributed by atoms with E-state index in [1.807, 2.05) is 66.7 Å². The fourth-order valence-corrected chi connectivity index (χ4v) is 2.24. The van der Waals surface area contributed by atoms with Crippen LogP contribution in [0.3, 0.4) is 0 Å². The van der Waals surface area contributed by atoms with Crippen molar-refractivity contribution in [3.8, 4) is 0 Å². The molecule has 3 aromatic carbocycles. The summed E-state index contributed by atoms with van der Waals surface area (Å²) in [5.74, 6) is -1.68. The third-order valence-corrected chi connectivity index (χ3v) is 3.41. The molecule has 0 fully saturated rings. The quantitative estimate of drug-likeness (QED) is 0.595. The van der Waals surface area contributed by atoms with Crippen molar-refractivity contribution in [1.82, 2.24) is 0 Å². The van der Waals surface area contributed by atoms with Gasteiger partial charge in [-0.15, -0.1) is 0 Å². The minimum absolute atomic E-state index is 0.0742. The molecule has 1 N–H and O–H groups in total. The second-order valence-corrected chi connectivity index (χ2v) is 5.08. The van der Waals surface area contributed by atoms with Gasteiger partial charge in [0, 0.05) is 5.69 Å². The molecule has 3 rings (SSSR count). The van der Waals surface area contributed by atoms with Crippen LogP contribution in [0, 0.1) is 0 Å². The number of hydrogen-bond acceptors (Lipinski definition) is 3. The Morgan fingerprint density at radius 2 is 1.52 bits per heavy atom. The van der Waals surface area contributed by atoms with Crippen molar-refractivity contribution in [3.63, 3.8) is 0 Å². The van der Waals surface area contributed by atoms with Crippen LogP contribution in [-0.4, -0.2) is 11.9 Å². The summed E-state index contributed by atoms with van der Waals surface area (Å²) in [4.78, 5) is 23.6. The van der Waals surface area contributed by atoms with E-state index in [4.69, 9.17) is 4.74 Å². The zero-order valence-corrected chi connectivity index (χ0v) is 12.4. The fourth-order valence-electron chi connectivity index (χ4n) is 2.24. The Bertz CT molecular complexity index is 843. The van der Waals surface area contributed by atoms with Crippen molar-refractivity contribution >= 4 is 28.3 Å². The number of nitrogens with one attached hydrogen (secondary N) is 1. The van der Waals surface area contributed by atoms with E-state index in [-0.39, 0.29) is 6.61 Å². The first kappa shape index (κ1) is 14.8. The average Bonchev–Trinajstić information content (AvgIpc) is 2.60. The number of fused-ring (bicyclic) bond motifs is 1. The zero-order valence-electron chi connectivity index (χ0n) is 12.4. The fraction of sp³-hybridized carbons (Fsp3) is 0.0526. The SMILES string of the molecule is O=C(Nc1ccc2ccccc2c1)C(=O)OCc1ccccc1. The van der Waals surface area contributed by atoms with Gasteiger partial charge in [-0.2, -0.15) is 0 Å². The van der Waals surface area contributed by atoms with Gasteiger partial charge in [0.15, 0.2) is 0 Å². The first-order chi connectivity index (χ1) is 11.2. The Morgan fingerprint density at radius 3 is 2.30 bits per heavy atom. The van der Waals surface area contributed by atoms with Gasteiger partial charge in [0.25, 0.3) is 0 Å². The molecule has 0 spiro atoms. The van der Waals surface area contributed by atoms with Crippen LogP contribution >= 0.6 is 0 Å². The average molecular weight is 305 g/mol. The zero-order chi connectivity index (χ0) is 16.1. The van der Waals surface area contributed by atoms with Crippen LogP contribution in [0.25, 0.3) is 10.8 Å². The highest BCUT2D eigenvalue weighted by atomic mass is 16.5. The molecule has 3 aromatic rings. The largest absolute Gasteiger partial charge is 0.454 e. The molecule has 23 heavy (non-hydrogen) atoms. The predicted octanol–water partition coefficient (Wildman–Crippen LogP) is 3.52. The van der Waals surface area contributed by atoms with E-state index in [0.29, 0.717) is 5.69 Å². The predicted molar refractivity (Wildman–Crippen MR) is 88.8 cm³/mol. The minimum atomic E-state index is -0.901. The van der Waals surface area contributed by atoms with Gasteiger partial charge in [0.1, 0.15) is 6.61 Å². The maximum Gasteiger partial charge on any atom is 0.397 e. The number of carbonyl (C=O) groups excluding carboxylic acids is 2. The van der Waals surface area contributed by atoms with E-state index < -0.39 is 11.9 Å². The molecule has 4 heteroatoms. The van der Waals surface area contributed by atoms with Crippen LogP contribution in [0.2, 0.25) is 0 Å². The number of amides is 1. The highest BCUT2D eigenvalue weighted by Crippen LogP contribution is 2.18. The molecule has 1 amide bonds. The number of ether oxygens (including phenoxy) is 1. The Morgan fingerprint density at radius 1 is 0.826 bits per heavy atom. The van der Waals surface area contributed by atoms with Gasteiger partial charge in [0.2, 0.25) is 0 Å². The standard InChI is InChI=1S/C19H15NO3/c21-18(19(22)23-13-14-6-2-1-3-7-14)20-17-11-10-15-8-4-5-9-16(15)12-17/h1-12H,13H2,(H,20,21). The van der Waals surface area contributed by atoms with Crippen LogP contribution in [0.4, 0.5) is 5.69 Å². The van der Waals surface area contributed by atoms with Crippen LogP contribution in [-0.2, 0) is 20.9 Å². The molecule has 0 saturated heterocycles. The number of hydrogen-bond donors (Lipinski definition) is 1. The maximum atomic E-state index is 11.9. The van der Waals surface area contributed by atoms with Crippen molar-refractivity contribution in [1.29, 1.82) is 0 Å². The van der Waals surface area contributed by atoms with Gasteiger partial charge in [0.05, 0.1) is 0 Å². The van der Waals surface area contributed by atoms with Crippen LogP contribution < -0.4 is 5.32 Å². The molecule has 0 aromatic heterocycles. The van der Waals surface area contributed by atoms with Gasteiger partial charge >= 0.3 is 11.9 Å². The molecule has 0 radical (unpaired) electrons. The van der Waals surface area contributed by atoms with E-state index >= 15 is 0 Å². The summed E-state index contributed by atoms with van der Waals surface area (Å²) < 4.78 is 5.00. The van der Waals surface area contributed by atoms with Gasteiger partial charge < -0.3 is 10.1 Å². The summed E-state index contributed by atoms with van der Waals surface area (Å²) >= 11 is 0. The first-order valence-corrected chi connectivity index (χ1v) is 7.23. The topological polar surface area (TPSA) is 55.4 Å². The molecule has 0 aliphatic carbocycles. The molecule has 0 saturated carbocycles. The highest BCUT2D eigenvalue weighted by molar-refractivity contribution is 6.37. The minimum Gasteiger partial charge on any atom is -0.454 e. The molecule has 0 atom stereocenters. The number of esters is 1. The Labute approximate surface area is 133 Å². The summed E-state index contributed by atoms with van der Waals surface area (Å²) in [5, 5.41) is 4.61. The third-order valence-electron chi connectivity index (χ3n) is 3.41. The van der Waals surface area contributed by atoms with Crippen molar-refractivity contribution in [2.24, 2.45) is 0 Å². The summed E-state index contributed by atoms with van der Waals surface area (Å²) in [6.45, 7) is 0.0742. The first-order valence-electron chi connectivity index (χ1n) is 7.23. The molecule has 0 aliphatic rings. The molecular weight excluding hydrogens is 290 g/mol. The van der Waals surface area contributed by atoms with E-state index in [1.54, 1.807) is 6.07 Å². The van der Waals surface area contributed by atoms with Crippen LogP contribution in [0.15, 0.2) is 72.8 Å². The van der Waals surface area contributed by atoms with E-state index in [1.165, 1.54) is 0 Å².